The van der Waals surface area contributed by atoms with Gasteiger partial charge in [0, 0.05) is 11.7 Å². The predicted octanol–water partition coefficient (Wildman–Crippen LogP) is 2.12. The molecule has 1 aliphatic rings. The molecule has 0 aliphatic carbocycles. The Kier molecular flexibility index (Phi) is 8.14. The Morgan fingerprint density at radius 1 is 1.26 bits per heavy atom. The molecule has 110 valence electrons. The Bertz CT molecular complexity index is 296. The lowest BCUT2D eigenvalue weighted by molar-refractivity contribution is -0.144. The van der Waals surface area contributed by atoms with Gasteiger partial charge in [-0.3, -0.25) is 14.5 Å². The normalized spacial score (nSPS) is 20.8. The first-order valence-electron chi connectivity index (χ1n) is 7.08. The number of carbonyl (C=O) groups is 2. The first-order valence-corrected chi connectivity index (χ1v) is 8.37. The number of thioether (sulfide) groups is 1. The van der Waals surface area contributed by atoms with Crippen LogP contribution in [0.4, 0.5) is 0 Å². The smallest absolute Gasteiger partial charge is 0.306 e. The number of esters is 1. The third-order valence-corrected chi connectivity index (χ3v) is 4.55. The van der Waals surface area contributed by atoms with E-state index in [0.29, 0.717) is 19.6 Å². The molecule has 0 bridgehead atoms. The van der Waals surface area contributed by atoms with Crippen LogP contribution in [-0.2, 0) is 14.3 Å². The van der Waals surface area contributed by atoms with E-state index in [-0.39, 0.29) is 18.2 Å². The number of hydrogen-bond donors (Lipinski definition) is 0. The van der Waals surface area contributed by atoms with Crippen LogP contribution in [0.15, 0.2) is 0 Å². The summed E-state index contributed by atoms with van der Waals surface area (Å²) < 4.78 is 4.82. The van der Waals surface area contributed by atoms with Gasteiger partial charge in [0.25, 0.3) is 0 Å². The highest BCUT2D eigenvalue weighted by molar-refractivity contribution is 7.99. The number of rotatable bonds is 7. The van der Waals surface area contributed by atoms with Gasteiger partial charge in [-0.05, 0) is 45.5 Å². The summed E-state index contributed by atoms with van der Waals surface area (Å²) in [6.45, 7) is 4.65. The lowest BCUT2D eigenvalue weighted by Gasteiger charge is -2.18. The molecular weight excluding hydrogens is 262 g/mol. The van der Waals surface area contributed by atoms with Gasteiger partial charge in [-0.15, -0.1) is 0 Å². The third kappa shape index (κ3) is 6.97. The first-order chi connectivity index (χ1) is 9.15. The standard InChI is InChI=1S/C14H25NO3S/c1-3-18-14(17)7-6-12(16)11-15-9-4-5-13(19-2)8-10-15/h13H,3-11H2,1-2H3. The summed E-state index contributed by atoms with van der Waals surface area (Å²) in [6, 6.07) is 0. The number of ketones is 1. The van der Waals surface area contributed by atoms with Crippen molar-refractivity contribution in [1.82, 2.24) is 4.90 Å². The van der Waals surface area contributed by atoms with Crippen molar-refractivity contribution >= 4 is 23.5 Å². The van der Waals surface area contributed by atoms with E-state index in [9.17, 15) is 9.59 Å². The highest BCUT2D eigenvalue weighted by Gasteiger charge is 2.18. The zero-order valence-electron chi connectivity index (χ0n) is 12.0. The van der Waals surface area contributed by atoms with Crippen molar-refractivity contribution < 1.29 is 14.3 Å². The van der Waals surface area contributed by atoms with E-state index < -0.39 is 0 Å². The first kappa shape index (κ1) is 16.5. The van der Waals surface area contributed by atoms with Crippen LogP contribution in [0.2, 0.25) is 0 Å². The second-order valence-corrected chi connectivity index (χ2v) is 6.05. The Morgan fingerprint density at radius 2 is 2.05 bits per heavy atom. The number of hydrogen-bond acceptors (Lipinski definition) is 5. The summed E-state index contributed by atoms with van der Waals surface area (Å²) in [7, 11) is 0. The zero-order chi connectivity index (χ0) is 14.1. The molecule has 0 aromatic rings. The molecular formula is C14H25NO3S. The number of Topliss-reactive ketones (excluding diaryl/α,β-unsaturated/α-hetero) is 1. The number of nitrogens with zero attached hydrogens (tertiary/aromatic N) is 1. The van der Waals surface area contributed by atoms with Crippen LogP contribution in [0.5, 0.6) is 0 Å². The quantitative estimate of drug-likeness (QED) is 0.671. The van der Waals surface area contributed by atoms with E-state index in [1.165, 1.54) is 6.42 Å². The van der Waals surface area contributed by atoms with E-state index in [1.807, 2.05) is 11.8 Å². The SMILES string of the molecule is CCOC(=O)CCC(=O)CN1CCCC(SC)CC1. The number of ether oxygens (including phenoxy) is 1. The second kappa shape index (κ2) is 9.37. The van der Waals surface area contributed by atoms with E-state index in [1.54, 1.807) is 6.92 Å². The van der Waals surface area contributed by atoms with Crippen LogP contribution in [-0.4, -0.2) is 54.4 Å². The van der Waals surface area contributed by atoms with Crippen molar-refractivity contribution in [2.45, 2.75) is 44.3 Å². The summed E-state index contributed by atoms with van der Waals surface area (Å²) in [5.74, 6) is -0.121. The summed E-state index contributed by atoms with van der Waals surface area (Å²) >= 11 is 1.93. The molecule has 0 spiro atoms. The van der Waals surface area contributed by atoms with E-state index in [4.69, 9.17) is 4.74 Å². The Morgan fingerprint density at radius 3 is 2.74 bits per heavy atom. The molecule has 4 nitrogen and oxygen atoms in total. The van der Waals surface area contributed by atoms with Gasteiger partial charge in [-0.1, -0.05) is 0 Å². The topological polar surface area (TPSA) is 46.6 Å². The van der Waals surface area contributed by atoms with Crippen molar-refractivity contribution in [2.24, 2.45) is 0 Å². The maximum absolute atomic E-state index is 11.8. The van der Waals surface area contributed by atoms with Crippen LogP contribution in [0.1, 0.15) is 39.0 Å². The van der Waals surface area contributed by atoms with Crippen LogP contribution >= 0.6 is 11.8 Å². The minimum absolute atomic E-state index is 0.149. The molecule has 0 amide bonds. The largest absolute Gasteiger partial charge is 0.466 e. The van der Waals surface area contributed by atoms with E-state index >= 15 is 0 Å². The molecule has 0 aromatic heterocycles. The molecule has 19 heavy (non-hydrogen) atoms. The maximum atomic E-state index is 11.8. The second-order valence-electron chi connectivity index (χ2n) is 4.91. The minimum atomic E-state index is -0.269. The van der Waals surface area contributed by atoms with Crippen LogP contribution < -0.4 is 0 Å². The molecule has 0 N–H and O–H groups in total. The molecule has 5 heteroatoms. The summed E-state index contributed by atoms with van der Waals surface area (Å²) in [5, 5.41) is 0.736. The highest BCUT2D eigenvalue weighted by atomic mass is 32.2. The molecule has 1 atom stereocenters. The van der Waals surface area contributed by atoms with Gasteiger partial charge in [-0.25, -0.2) is 0 Å². The van der Waals surface area contributed by atoms with Crippen LogP contribution in [0.25, 0.3) is 0 Å². The summed E-state index contributed by atoms with van der Waals surface area (Å²) in [5.41, 5.74) is 0. The summed E-state index contributed by atoms with van der Waals surface area (Å²) in [4.78, 5) is 25.2. The van der Waals surface area contributed by atoms with Crippen molar-refractivity contribution in [2.75, 3.05) is 32.5 Å². The zero-order valence-corrected chi connectivity index (χ0v) is 12.8. The molecule has 0 radical (unpaired) electrons. The van der Waals surface area contributed by atoms with Gasteiger partial charge in [0.2, 0.25) is 0 Å². The average Bonchev–Trinajstić information content (AvgIpc) is 2.62. The van der Waals surface area contributed by atoms with Crippen molar-refractivity contribution in [3.63, 3.8) is 0 Å². The van der Waals surface area contributed by atoms with Crippen molar-refractivity contribution in [3.8, 4) is 0 Å². The third-order valence-electron chi connectivity index (χ3n) is 3.41. The molecule has 0 saturated carbocycles. The minimum Gasteiger partial charge on any atom is -0.466 e. The fraction of sp³-hybridized carbons (Fsp3) is 0.857. The van der Waals surface area contributed by atoms with E-state index in [2.05, 4.69) is 11.2 Å². The van der Waals surface area contributed by atoms with Crippen LogP contribution in [0, 0.1) is 0 Å². The van der Waals surface area contributed by atoms with Crippen molar-refractivity contribution in [3.05, 3.63) is 0 Å². The molecule has 0 aromatic carbocycles. The Hall–Kier alpha value is -0.550. The molecule has 1 rings (SSSR count). The number of carbonyl (C=O) groups excluding carboxylic acids is 2. The van der Waals surface area contributed by atoms with Crippen molar-refractivity contribution in [1.29, 1.82) is 0 Å². The molecule has 1 fully saturated rings. The molecule has 1 heterocycles. The van der Waals surface area contributed by atoms with E-state index in [0.717, 1.165) is 31.2 Å². The Labute approximate surface area is 120 Å². The fourth-order valence-corrected chi connectivity index (χ4v) is 3.07. The fourth-order valence-electron chi connectivity index (χ4n) is 2.32. The average molecular weight is 287 g/mol. The summed E-state index contributed by atoms with van der Waals surface area (Å²) in [6.07, 6.45) is 6.25. The molecule has 1 saturated heterocycles. The Balaban J connectivity index is 2.22. The van der Waals surface area contributed by atoms with Gasteiger partial charge >= 0.3 is 5.97 Å². The molecule has 1 unspecified atom stereocenters. The lowest BCUT2D eigenvalue weighted by Crippen LogP contribution is -2.31. The van der Waals surface area contributed by atoms with Gasteiger partial charge in [0.15, 0.2) is 0 Å². The van der Waals surface area contributed by atoms with Crippen LogP contribution in [0.3, 0.4) is 0 Å². The van der Waals surface area contributed by atoms with Gasteiger partial charge in [0.05, 0.1) is 19.6 Å². The maximum Gasteiger partial charge on any atom is 0.306 e. The highest BCUT2D eigenvalue weighted by Crippen LogP contribution is 2.21. The van der Waals surface area contributed by atoms with Gasteiger partial charge in [-0.2, -0.15) is 11.8 Å². The predicted molar refractivity (Wildman–Crippen MR) is 78.5 cm³/mol. The van der Waals surface area contributed by atoms with Gasteiger partial charge in [0.1, 0.15) is 5.78 Å². The number of likely N-dealkylation sites (tertiary alicyclic amines) is 1. The lowest BCUT2D eigenvalue weighted by atomic mass is 10.2. The molecule has 1 aliphatic heterocycles. The monoisotopic (exact) mass is 287 g/mol. The van der Waals surface area contributed by atoms with Gasteiger partial charge < -0.3 is 4.74 Å².